The maximum absolute atomic E-state index is 12.2. The van der Waals surface area contributed by atoms with Crippen LogP contribution in [0, 0.1) is 0 Å². The van der Waals surface area contributed by atoms with Gasteiger partial charge in [-0.2, -0.15) is 0 Å². The molecule has 1 atom stereocenters. The summed E-state index contributed by atoms with van der Waals surface area (Å²) in [6.07, 6.45) is 0.519. The number of nitrogens with one attached hydrogen (secondary N) is 1. The molecule has 24 heavy (non-hydrogen) atoms. The van der Waals surface area contributed by atoms with E-state index in [0.29, 0.717) is 13.0 Å². The summed E-state index contributed by atoms with van der Waals surface area (Å²) in [7, 11) is 1.89. The molecule has 3 N–H and O–H groups in total. The molecule has 0 heterocycles. The average molecular weight is 328 g/mol. The molecule has 2 aromatic carbocycles. The molecule has 0 spiro atoms. The van der Waals surface area contributed by atoms with Crippen LogP contribution in [0.5, 0.6) is 5.75 Å². The lowest BCUT2D eigenvalue weighted by Gasteiger charge is -2.20. The van der Waals surface area contributed by atoms with E-state index >= 15 is 0 Å². The smallest absolute Gasteiger partial charge is 0.234 e. The van der Waals surface area contributed by atoms with Crippen LogP contribution in [0.3, 0.4) is 0 Å². The fraction of sp³-hybridized carbons (Fsp3) is 0.316. The number of hydrogen-bond acceptors (Lipinski definition) is 4. The van der Waals surface area contributed by atoms with Gasteiger partial charge in [-0.1, -0.05) is 42.5 Å². The second-order valence-electron chi connectivity index (χ2n) is 5.98. The molecule has 1 amide bonds. The Balaban J connectivity index is 1.81. The molecule has 0 unspecified atom stereocenters. The molecule has 2 rings (SSSR count). The van der Waals surface area contributed by atoms with Gasteiger partial charge in [-0.05, 0) is 36.7 Å². The van der Waals surface area contributed by atoms with E-state index in [9.17, 15) is 15.0 Å². The number of phenols is 1. The van der Waals surface area contributed by atoms with E-state index in [-0.39, 0.29) is 30.9 Å². The minimum atomic E-state index is -0.341. The van der Waals surface area contributed by atoms with Gasteiger partial charge in [-0.3, -0.25) is 9.69 Å². The molecule has 0 aliphatic heterocycles. The van der Waals surface area contributed by atoms with Crippen LogP contribution in [0.2, 0.25) is 0 Å². The van der Waals surface area contributed by atoms with Gasteiger partial charge in [0.05, 0.1) is 19.2 Å². The van der Waals surface area contributed by atoms with Gasteiger partial charge in [-0.15, -0.1) is 0 Å². The minimum absolute atomic E-state index is 0.119. The van der Waals surface area contributed by atoms with E-state index in [1.54, 1.807) is 24.3 Å². The number of carbonyl (C=O) groups is 1. The quantitative estimate of drug-likeness (QED) is 0.687. The maximum atomic E-state index is 12.2. The van der Waals surface area contributed by atoms with Gasteiger partial charge in [0, 0.05) is 6.54 Å². The predicted octanol–water partition coefficient (Wildman–Crippen LogP) is 1.54. The van der Waals surface area contributed by atoms with Gasteiger partial charge in [0.25, 0.3) is 0 Å². The molecule has 0 saturated heterocycles. The Labute approximate surface area is 142 Å². The number of likely N-dealkylation sites (N-methyl/N-ethyl adjacent to an activating group) is 1. The minimum Gasteiger partial charge on any atom is -0.508 e. The molecule has 5 heteroatoms. The van der Waals surface area contributed by atoms with Crippen LogP contribution in [0.25, 0.3) is 0 Å². The summed E-state index contributed by atoms with van der Waals surface area (Å²) < 4.78 is 0. The first-order chi connectivity index (χ1) is 11.6. The number of amides is 1. The van der Waals surface area contributed by atoms with Crippen LogP contribution < -0.4 is 5.32 Å². The highest BCUT2D eigenvalue weighted by Gasteiger charge is 2.14. The highest BCUT2D eigenvalue weighted by molar-refractivity contribution is 5.78. The highest BCUT2D eigenvalue weighted by atomic mass is 16.3. The van der Waals surface area contributed by atoms with Gasteiger partial charge in [-0.25, -0.2) is 0 Å². The lowest BCUT2D eigenvalue weighted by atomic mass is 10.1. The molecule has 5 nitrogen and oxygen atoms in total. The molecule has 0 aromatic heterocycles. The monoisotopic (exact) mass is 328 g/mol. The molecule has 0 aliphatic carbocycles. The average Bonchev–Trinajstić information content (AvgIpc) is 2.57. The Morgan fingerprint density at radius 2 is 1.75 bits per heavy atom. The molecular formula is C19H24N2O3. The van der Waals surface area contributed by atoms with Crippen molar-refractivity contribution >= 4 is 5.91 Å². The van der Waals surface area contributed by atoms with E-state index < -0.39 is 0 Å². The third kappa shape index (κ3) is 6.02. The van der Waals surface area contributed by atoms with Crippen molar-refractivity contribution in [2.45, 2.75) is 19.0 Å². The number of benzene rings is 2. The van der Waals surface area contributed by atoms with Crippen molar-refractivity contribution in [3.63, 3.8) is 0 Å². The van der Waals surface area contributed by atoms with E-state index in [1.807, 2.05) is 42.3 Å². The molecule has 0 aliphatic rings. The number of hydrogen-bond donors (Lipinski definition) is 3. The third-order valence-electron chi connectivity index (χ3n) is 3.71. The summed E-state index contributed by atoms with van der Waals surface area (Å²) >= 11 is 0. The number of rotatable bonds is 8. The van der Waals surface area contributed by atoms with Crippen LogP contribution in [-0.4, -0.2) is 47.3 Å². The molecule has 2 aromatic rings. The third-order valence-corrected chi connectivity index (χ3v) is 3.71. The summed E-state index contributed by atoms with van der Waals surface area (Å²) in [4.78, 5) is 14.1. The van der Waals surface area contributed by atoms with Crippen molar-refractivity contribution in [1.82, 2.24) is 10.2 Å². The second kappa shape index (κ2) is 9.05. The van der Waals surface area contributed by atoms with Crippen LogP contribution in [0.15, 0.2) is 54.6 Å². The lowest BCUT2D eigenvalue weighted by molar-refractivity contribution is -0.123. The lowest BCUT2D eigenvalue weighted by Crippen LogP contribution is -2.43. The zero-order chi connectivity index (χ0) is 17.4. The Morgan fingerprint density at radius 3 is 2.38 bits per heavy atom. The zero-order valence-corrected chi connectivity index (χ0v) is 13.9. The van der Waals surface area contributed by atoms with Crippen molar-refractivity contribution in [3.05, 3.63) is 65.7 Å². The number of carbonyl (C=O) groups excluding carboxylic acids is 1. The zero-order valence-electron chi connectivity index (χ0n) is 13.9. The topological polar surface area (TPSA) is 72.8 Å². The van der Waals surface area contributed by atoms with Gasteiger partial charge in [0.15, 0.2) is 0 Å². The van der Waals surface area contributed by atoms with Crippen molar-refractivity contribution in [2.24, 2.45) is 0 Å². The SMILES string of the molecule is CN(CC(=O)N[C@H](CO)Cc1ccc(O)cc1)Cc1ccccc1. The first-order valence-electron chi connectivity index (χ1n) is 7.97. The van der Waals surface area contributed by atoms with Crippen molar-refractivity contribution in [2.75, 3.05) is 20.2 Å². The number of aliphatic hydroxyl groups excluding tert-OH is 1. The van der Waals surface area contributed by atoms with E-state index in [0.717, 1.165) is 11.1 Å². The summed E-state index contributed by atoms with van der Waals surface area (Å²) in [5.74, 6) is 0.0807. The number of aromatic hydroxyl groups is 1. The molecule has 0 bridgehead atoms. The van der Waals surface area contributed by atoms with Crippen LogP contribution in [-0.2, 0) is 17.8 Å². The molecule has 0 fully saturated rings. The van der Waals surface area contributed by atoms with Gasteiger partial charge in [0.1, 0.15) is 5.75 Å². The Bertz CT molecular complexity index is 629. The van der Waals surface area contributed by atoms with E-state index in [4.69, 9.17) is 0 Å². The normalized spacial score (nSPS) is 12.1. The fourth-order valence-corrected chi connectivity index (χ4v) is 2.55. The summed E-state index contributed by atoms with van der Waals surface area (Å²) in [5.41, 5.74) is 2.10. The standard InChI is InChI=1S/C19H24N2O3/c1-21(12-16-5-3-2-4-6-16)13-19(24)20-17(14-22)11-15-7-9-18(23)10-8-15/h2-10,17,22-23H,11-14H2,1H3,(H,20,24)/t17-/m0/s1. The Hall–Kier alpha value is -2.37. The van der Waals surface area contributed by atoms with Gasteiger partial charge in [0.2, 0.25) is 5.91 Å². The van der Waals surface area contributed by atoms with Gasteiger partial charge >= 0.3 is 0 Å². The van der Waals surface area contributed by atoms with Crippen LogP contribution in [0.4, 0.5) is 0 Å². The van der Waals surface area contributed by atoms with Crippen LogP contribution >= 0.6 is 0 Å². The summed E-state index contributed by atoms with van der Waals surface area (Å²) in [6, 6.07) is 16.4. The second-order valence-corrected chi connectivity index (χ2v) is 5.98. The molecule has 0 radical (unpaired) electrons. The Morgan fingerprint density at radius 1 is 1.08 bits per heavy atom. The van der Waals surface area contributed by atoms with E-state index in [2.05, 4.69) is 5.32 Å². The van der Waals surface area contributed by atoms with Crippen molar-refractivity contribution in [1.29, 1.82) is 0 Å². The number of phenolic OH excluding ortho intramolecular Hbond substituents is 1. The molecule has 0 saturated carbocycles. The van der Waals surface area contributed by atoms with E-state index in [1.165, 1.54) is 0 Å². The van der Waals surface area contributed by atoms with Gasteiger partial charge < -0.3 is 15.5 Å². The Kier molecular flexibility index (Phi) is 6.78. The first-order valence-corrected chi connectivity index (χ1v) is 7.97. The molecular weight excluding hydrogens is 304 g/mol. The molecule has 128 valence electrons. The van der Waals surface area contributed by atoms with Crippen molar-refractivity contribution in [3.8, 4) is 5.75 Å². The first kappa shape index (κ1) is 18.0. The van der Waals surface area contributed by atoms with Crippen LogP contribution in [0.1, 0.15) is 11.1 Å². The number of nitrogens with zero attached hydrogens (tertiary/aromatic N) is 1. The van der Waals surface area contributed by atoms with Crippen molar-refractivity contribution < 1.29 is 15.0 Å². The maximum Gasteiger partial charge on any atom is 0.234 e. The largest absolute Gasteiger partial charge is 0.508 e. The highest BCUT2D eigenvalue weighted by Crippen LogP contribution is 2.11. The predicted molar refractivity (Wildman–Crippen MR) is 93.6 cm³/mol. The fourth-order valence-electron chi connectivity index (χ4n) is 2.55. The number of aliphatic hydroxyl groups is 1. The summed E-state index contributed by atoms with van der Waals surface area (Å²) in [6.45, 7) is 0.825. The summed E-state index contributed by atoms with van der Waals surface area (Å²) in [5, 5.41) is 21.6.